The van der Waals surface area contributed by atoms with Crippen molar-refractivity contribution in [2.45, 2.75) is 62.7 Å². The molecule has 3 heterocycles. The Kier molecular flexibility index (Phi) is 4.50. The standard InChI is InChI=1S/C16H24N3O6P/c1-10-18-13(20)7-8-19(10)15-16(2,17)14-12(23-15)9-22-26(21,25-14)24-11-5-3-4-6-11/h7-8,11-12,14-15H,1,3-6,9,17H2,2H3,(H,18,20)/t12-,14-,15-,16-,26-/m1/s1. The Morgan fingerprint density at radius 2 is 2.19 bits per heavy atom. The summed E-state index contributed by atoms with van der Waals surface area (Å²) in [7, 11) is -3.69. The molecule has 0 spiro atoms. The van der Waals surface area contributed by atoms with E-state index in [2.05, 4.69) is 11.9 Å². The van der Waals surface area contributed by atoms with Gasteiger partial charge in [0.15, 0.2) is 6.23 Å². The van der Waals surface area contributed by atoms with Gasteiger partial charge in [0.25, 0.3) is 5.91 Å². The molecule has 3 N–H and O–H groups in total. The number of ether oxygens (including phenoxy) is 1. The van der Waals surface area contributed by atoms with Crippen molar-refractivity contribution in [3.05, 3.63) is 24.7 Å². The smallest absolute Gasteiger partial charge is 0.347 e. The maximum atomic E-state index is 12.9. The average Bonchev–Trinajstić information content (AvgIpc) is 3.14. The first-order chi connectivity index (χ1) is 12.3. The number of carbonyl (C=O) groups is 1. The molecule has 26 heavy (non-hydrogen) atoms. The summed E-state index contributed by atoms with van der Waals surface area (Å²) in [4.78, 5) is 13.1. The van der Waals surface area contributed by atoms with Crippen LogP contribution in [0, 0.1) is 0 Å². The summed E-state index contributed by atoms with van der Waals surface area (Å²) in [6, 6.07) is 0. The number of hydrogen-bond donors (Lipinski definition) is 2. The van der Waals surface area contributed by atoms with Gasteiger partial charge in [-0.05, 0) is 19.8 Å². The lowest BCUT2D eigenvalue weighted by Crippen LogP contribution is -2.60. The molecule has 10 heteroatoms. The van der Waals surface area contributed by atoms with E-state index in [1.54, 1.807) is 18.0 Å². The van der Waals surface area contributed by atoms with Crippen molar-refractivity contribution in [2.75, 3.05) is 6.61 Å². The first kappa shape index (κ1) is 18.2. The zero-order valence-corrected chi connectivity index (χ0v) is 15.5. The number of nitrogens with one attached hydrogen (secondary N) is 1. The lowest BCUT2D eigenvalue weighted by atomic mass is 9.93. The lowest BCUT2D eigenvalue weighted by Gasteiger charge is -2.39. The minimum atomic E-state index is -3.69. The summed E-state index contributed by atoms with van der Waals surface area (Å²) in [5.74, 6) is 0.0820. The summed E-state index contributed by atoms with van der Waals surface area (Å²) < 4.78 is 35.7. The SMILES string of the molecule is C=C1NC(=O)C=CN1[C@@H]1O[C@@H]2CO[P@](=O)(OC3CCCC3)O[C@H]2[C@@]1(C)N. The van der Waals surface area contributed by atoms with Gasteiger partial charge in [-0.15, -0.1) is 0 Å². The number of nitrogens with zero attached hydrogens (tertiary/aromatic N) is 1. The number of carbonyl (C=O) groups excluding carboxylic acids is 1. The molecule has 3 fully saturated rings. The highest BCUT2D eigenvalue weighted by molar-refractivity contribution is 7.48. The number of nitrogens with two attached hydrogens (primary N) is 1. The number of amides is 1. The third-order valence-electron chi connectivity index (χ3n) is 5.22. The van der Waals surface area contributed by atoms with Gasteiger partial charge in [0.2, 0.25) is 0 Å². The van der Waals surface area contributed by atoms with Crippen molar-refractivity contribution >= 4 is 13.7 Å². The molecule has 0 radical (unpaired) electrons. The van der Waals surface area contributed by atoms with Gasteiger partial charge in [0.05, 0.1) is 18.2 Å². The molecule has 1 amide bonds. The molecular formula is C16H24N3O6P. The van der Waals surface area contributed by atoms with E-state index in [1.807, 2.05) is 0 Å². The van der Waals surface area contributed by atoms with Crippen molar-refractivity contribution in [1.29, 1.82) is 0 Å². The predicted molar refractivity (Wildman–Crippen MR) is 91.3 cm³/mol. The van der Waals surface area contributed by atoms with Crippen molar-refractivity contribution < 1.29 is 27.7 Å². The van der Waals surface area contributed by atoms with E-state index in [0.29, 0.717) is 5.82 Å². The zero-order chi connectivity index (χ0) is 18.5. The first-order valence-corrected chi connectivity index (χ1v) is 10.3. The third kappa shape index (κ3) is 3.13. The van der Waals surface area contributed by atoms with Crippen LogP contribution in [-0.4, -0.2) is 47.5 Å². The predicted octanol–water partition coefficient (Wildman–Crippen LogP) is 1.33. The van der Waals surface area contributed by atoms with Gasteiger partial charge >= 0.3 is 7.82 Å². The minimum absolute atomic E-state index is 0.0638. The summed E-state index contributed by atoms with van der Waals surface area (Å²) in [6.45, 7) is 5.65. The van der Waals surface area contributed by atoms with Gasteiger partial charge in [-0.2, -0.15) is 0 Å². The molecule has 0 unspecified atom stereocenters. The topological polar surface area (TPSA) is 112 Å². The molecule has 2 saturated heterocycles. The Morgan fingerprint density at radius 3 is 2.88 bits per heavy atom. The molecule has 0 aromatic rings. The van der Waals surface area contributed by atoms with E-state index < -0.39 is 31.8 Å². The van der Waals surface area contributed by atoms with Crippen LogP contribution in [0.2, 0.25) is 0 Å². The second kappa shape index (κ2) is 6.44. The Hall–Kier alpha value is -1.22. The molecule has 0 aromatic carbocycles. The number of phosphoric acid groups is 1. The number of phosphoric ester groups is 1. The molecule has 1 aliphatic carbocycles. The van der Waals surface area contributed by atoms with Crippen molar-refractivity contribution in [1.82, 2.24) is 10.2 Å². The van der Waals surface area contributed by atoms with E-state index >= 15 is 0 Å². The van der Waals surface area contributed by atoms with E-state index in [0.717, 1.165) is 25.7 Å². The van der Waals surface area contributed by atoms with Crippen LogP contribution in [0.25, 0.3) is 0 Å². The molecule has 4 rings (SSSR count). The molecule has 5 atom stereocenters. The molecule has 144 valence electrons. The van der Waals surface area contributed by atoms with Crippen molar-refractivity contribution in [2.24, 2.45) is 5.73 Å². The van der Waals surface area contributed by atoms with Crippen molar-refractivity contribution in [3.8, 4) is 0 Å². The average molecular weight is 385 g/mol. The minimum Gasteiger partial charge on any atom is -0.347 e. The Morgan fingerprint density at radius 1 is 1.46 bits per heavy atom. The van der Waals surface area contributed by atoms with Crippen LogP contribution in [0.4, 0.5) is 0 Å². The van der Waals surface area contributed by atoms with Gasteiger partial charge in [0.1, 0.15) is 18.0 Å². The highest BCUT2D eigenvalue weighted by Crippen LogP contribution is 2.59. The monoisotopic (exact) mass is 385 g/mol. The van der Waals surface area contributed by atoms with E-state index in [9.17, 15) is 9.36 Å². The van der Waals surface area contributed by atoms with Gasteiger partial charge in [0, 0.05) is 12.3 Å². The maximum Gasteiger partial charge on any atom is 0.475 e. The summed E-state index contributed by atoms with van der Waals surface area (Å²) in [5.41, 5.74) is 5.49. The van der Waals surface area contributed by atoms with E-state index in [1.165, 1.54) is 6.08 Å². The van der Waals surface area contributed by atoms with Gasteiger partial charge in [-0.25, -0.2) is 4.57 Å². The van der Waals surface area contributed by atoms with E-state index in [-0.39, 0.29) is 18.6 Å². The fourth-order valence-corrected chi connectivity index (χ4v) is 5.59. The van der Waals surface area contributed by atoms with Crippen LogP contribution >= 0.6 is 7.82 Å². The highest BCUT2D eigenvalue weighted by atomic mass is 31.2. The first-order valence-electron chi connectivity index (χ1n) is 8.81. The Balaban J connectivity index is 1.52. The fraction of sp³-hybridized carbons (Fsp3) is 0.688. The summed E-state index contributed by atoms with van der Waals surface area (Å²) in [6.07, 6.45) is 4.77. The highest BCUT2D eigenvalue weighted by Gasteiger charge is 2.60. The van der Waals surface area contributed by atoms with Crippen LogP contribution in [-0.2, 0) is 27.7 Å². The number of rotatable bonds is 3. The number of hydrogen-bond acceptors (Lipinski definition) is 8. The molecule has 1 saturated carbocycles. The summed E-state index contributed by atoms with van der Waals surface area (Å²) >= 11 is 0. The molecule has 3 aliphatic heterocycles. The second-order valence-corrected chi connectivity index (χ2v) is 8.91. The molecule has 4 aliphatic rings. The second-order valence-electron chi connectivity index (χ2n) is 7.33. The maximum absolute atomic E-state index is 12.9. The van der Waals surface area contributed by atoms with Crippen LogP contribution < -0.4 is 11.1 Å². The molecule has 0 aromatic heterocycles. The van der Waals surface area contributed by atoms with Crippen LogP contribution in [0.15, 0.2) is 24.7 Å². The fourth-order valence-electron chi connectivity index (χ4n) is 3.87. The molecule has 0 bridgehead atoms. The number of fused-ring (bicyclic) bond motifs is 1. The summed E-state index contributed by atoms with van der Waals surface area (Å²) in [5, 5.41) is 2.61. The van der Waals surface area contributed by atoms with Gasteiger partial charge < -0.3 is 20.7 Å². The van der Waals surface area contributed by atoms with Crippen LogP contribution in [0.1, 0.15) is 32.6 Å². The quantitative estimate of drug-likeness (QED) is 0.700. The van der Waals surface area contributed by atoms with Crippen LogP contribution in [0.3, 0.4) is 0 Å². The Labute approximate surface area is 152 Å². The Bertz CT molecular complexity index is 689. The largest absolute Gasteiger partial charge is 0.475 e. The molecular weight excluding hydrogens is 361 g/mol. The van der Waals surface area contributed by atoms with Crippen molar-refractivity contribution in [3.63, 3.8) is 0 Å². The van der Waals surface area contributed by atoms with Crippen LogP contribution in [0.5, 0.6) is 0 Å². The van der Waals surface area contributed by atoms with Gasteiger partial charge in [-0.3, -0.25) is 18.4 Å². The molecule has 9 nitrogen and oxygen atoms in total. The lowest BCUT2D eigenvalue weighted by molar-refractivity contribution is -0.118. The van der Waals surface area contributed by atoms with E-state index in [4.69, 9.17) is 24.0 Å². The third-order valence-corrected chi connectivity index (χ3v) is 6.73. The van der Waals surface area contributed by atoms with Gasteiger partial charge in [-0.1, -0.05) is 19.4 Å². The zero-order valence-electron chi connectivity index (χ0n) is 14.6. The normalized spacial score (nSPS) is 43.6.